The Morgan fingerprint density at radius 3 is 1.87 bits per heavy atom. The second-order valence-electron chi connectivity index (χ2n) is 10.6. The monoisotopic (exact) mass is 687 g/mol. The Morgan fingerprint density at radius 1 is 0.935 bits per heavy atom. The van der Waals surface area contributed by atoms with Gasteiger partial charge in [0.05, 0.1) is 24.9 Å². The Balaban J connectivity index is 3.44. The predicted octanol–water partition coefficient (Wildman–Crippen LogP) is 2.54. The molecule has 20 heteroatoms. The molecule has 0 saturated heterocycles. The Hall–Kier alpha value is -3.35. The summed E-state index contributed by atoms with van der Waals surface area (Å²) in [5.74, 6) is -1.44. The second kappa shape index (κ2) is 18.7. The largest absolute Gasteiger partial charge is 0.510 e. The van der Waals surface area contributed by atoms with Gasteiger partial charge < -0.3 is 34.2 Å². The van der Waals surface area contributed by atoms with Crippen LogP contribution < -0.4 is 17.0 Å². The Morgan fingerprint density at radius 2 is 1.46 bits per heavy atom. The first kappa shape index (κ1) is 40.7. The first-order valence-electron chi connectivity index (χ1n) is 14.0. The number of nitrogens with zero attached hydrogens (tertiary/aromatic N) is 1. The molecule has 4 atom stereocenters. The molecule has 3 N–H and O–H groups in total. The first-order chi connectivity index (χ1) is 21.4. The van der Waals surface area contributed by atoms with Gasteiger partial charge in [0.25, 0.3) is 5.56 Å². The van der Waals surface area contributed by atoms with Gasteiger partial charge in [-0.05, 0) is 40.5 Å². The fourth-order valence-corrected chi connectivity index (χ4v) is 4.44. The number of halogens is 1. The van der Waals surface area contributed by atoms with E-state index in [1.165, 1.54) is 34.6 Å². The normalized spacial score (nSPS) is 15.2. The zero-order valence-electron chi connectivity index (χ0n) is 26.9. The number of esters is 1. The number of nitrogens with two attached hydrogens (primary N) is 1. The summed E-state index contributed by atoms with van der Waals surface area (Å²) in [6.45, 7) is 6.04. The minimum Gasteiger partial charge on any atom is -0.456 e. The number of phosphoric acid groups is 1. The summed E-state index contributed by atoms with van der Waals surface area (Å²) in [6, 6.07) is -1.46. The topological polar surface area (TPSA) is 232 Å². The van der Waals surface area contributed by atoms with Crippen LogP contribution in [-0.2, 0) is 51.4 Å². The van der Waals surface area contributed by atoms with Crippen LogP contribution in [0, 0.1) is 5.92 Å². The number of aromatic amines is 1. The SMILES string of the molecule is COC(CF)(COP(=O)(OCOC(=O)OC(C)C)OCOC(=O)OC(C)C)[C@@H](OC(=O)C(N)C(C)C)[C@H](C)n1ccc(=O)[nH]c1=O. The van der Waals surface area contributed by atoms with E-state index in [9.17, 15) is 28.5 Å². The third kappa shape index (κ3) is 12.8. The number of alkyl halides is 1. The van der Waals surface area contributed by atoms with Crippen LogP contribution in [-0.4, -0.2) is 91.8 Å². The molecule has 0 aliphatic heterocycles. The number of methoxy groups -OCH3 is 1. The van der Waals surface area contributed by atoms with Crippen molar-refractivity contribution in [2.75, 3.05) is 34.0 Å². The summed E-state index contributed by atoms with van der Waals surface area (Å²) in [5, 5.41) is 0. The van der Waals surface area contributed by atoms with E-state index in [0.717, 1.165) is 23.9 Å². The molecule has 1 heterocycles. The van der Waals surface area contributed by atoms with Gasteiger partial charge in [-0.25, -0.2) is 32.4 Å². The molecule has 0 spiro atoms. The van der Waals surface area contributed by atoms with E-state index < -0.39 is 106 Å². The molecular weight excluding hydrogens is 644 g/mol. The van der Waals surface area contributed by atoms with Gasteiger partial charge in [-0.15, -0.1) is 0 Å². The number of carbonyl (C=O) groups excluding carboxylic acids is 3. The van der Waals surface area contributed by atoms with Crippen molar-refractivity contribution in [3.63, 3.8) is 0 Å². The molecular formula is C26H43FN3O15P. The minimum absolute atomic E-state index is 0.426. The molecule has 0 bridgehead atoms. The fraction of sp³-hybridized carbons (Fsp3) is 0.731. The lowest BCUT2D eigenvalue weighted by molar-refractivity contribution is -0.190. The Bertz CT molecular complexity index is 1270. The van der Waals surface area contributed by atoms with Gasteiger partial charge in [0, 0.05) is 19.4 Å². The zero-order valence-corrected chi connectivity index (χ0v) is 27.8. The summed E-state index contributed by atoms with van der Waals surface area (Å²) in [5.41, 5.74) is 1.92. The molecule has 0 fully saturated rings. The first-order valence-corrected chi connectivity index (χ1v) is 15.5. The summed E-state index contributed by atoms with van der Waals surface area (Å²) < 4.78 is 74.7. The van der Waals surface area contributed by atoms with Crippen LogP contribution in [0.25, 0.3) is 0 Å². The maximum absolute atomic E-state index is 15.0. The number of hydrogen-bond donors (Lipinski definition) is 2. The van der Waals surface area contributed by atoms with E-state index in [1.807, 2.05) is 4.98 Å². The van der Waals surface area contributed by atoms with Crippen molar-refractivity contribution in [1.82, 2.24) is 9.55 Å². The lowest BCUT2D eigenvalue weighted by atomic mass is 9.92. The Kier molecular flexibility index (Phi) is 16.5. The summed E-state index contributed by atoms with van der Waals surface area (Å²) in [6.07, 6.45) is -4.22. The van der Waals surface area contributed by atoms with Crippen LogP contribution >= 0.6 is 7.82 Å². The van der Waals surface area contributed by atoms with Gasteiger partial charge in [0.1, 0.15) is 12.7 Å². The van der Waals surface area contributed by atoms with Gasteiger partial charge in [-0.1, -0.05) is 13.8 Å². The van der Waals surface area contributed by atoms with Crippen LogP contribution in [0.15, 0.2) is 21.9 Å². The third-order valence-electron chi connectivity index (χ3n) is 6.02. The molecule has 2 unspecified atom stereocenters. The molecule has 46 heavy (non-hydrogen) atoms. The van der Waals surface area contributed by atoms with Crippen molar-refractivity contribution in [1.29, 1.82) is 0 Å². The van der Waals surface area contributed by atoms with Crippen molar-refractivity contribution in [3.05, 3.63) is 33.1 Å². The third-order valence-corrected chi connectivity index (χ3v) is 7.31. The Labute approximate surface area is 264 Å². The molecule has 0 radical (unpaired) electrons. The van der Waals surface area contributed by atoms with Crippen molar-refractivity contribution in [3.8, 4) is 0 Å². The van der Waals surface area contributed by atoms with Crippen molar-refractivity contribution < 1.29 is 65.3 Å². The standard InChI is InChI=1S/C26H43FN3O15P/c1-15(2)20(28)22(32)45-21(18(7)30-10-9-19(31)29-23(30)33)26(11-27,37-8)12-40-46(36,41-13-38-24(34)43-16(3)4)42-14-39-25(35)44-17(5)6/h9-10,15-18,20-21H,11-14,28H2,1-8H3,(H,29,31,33)/t18-,20?,21-,26?/m0/s1. The van der Waals surface area contributed by atoms with Crippen molar-refractivity contribution in [2.24, 2.45) is 11.7 Å². The lowest BCUT2D eigenvalue weighted by Crippen LogP contribution is -2.57. The maximum Gasteiger partial charge on any atom is 0.510 e. The molecule has 1 rings (SSSR count). The number of carbonyl (C=O) groups is 3. The number of rotatable bonds is 19. The van der Waals surface area contributed by atoms with Crippen molar-refractivity contribution >= 4 is 26.1 Å². The quantitative estimate of drug-likeness (QED) is 0.0920. The van der Waals surface area contributed by atoms with Gasteiger partial charge >= 0.3 is 31.8 Å². The number of hydrogen-bond acceptors (Lipinski definition) is 16. The smallest absolute Gasteiger partial charge is 0.456 e. The van der Waals surface area contributed by atoms with Crippen molar-refractivity contribution in [2.45, 2.75) is 84.5 Å². The van der Waals surface area contributed by atoms with Crippen LogP contribution in [0.3, 0.4) is 0 Å². The molecule has 0 saturated carbocycles. The number of phosphoric ester groups is 1. The summed E-state index contributed by atoms with van der Waals surface area (Å²) >= 11 is 0. The molecule has 0 aliphatic carbocycles. The molecule has 1 aromatic heterocycles. The van der Waals surface area contributed by atoms with E-state index in [4.69, 9.17) is 38.3 Å². The second-order valence-corrected chi connectivity index (χ2v) is 12.3. The highest BCUT2D eigenvalue weighted by Crippen LogP contribution is 2.50. The molecule has 0 aromatic carbocycles. The van der Waals surface area contributed by atoms with E-state index in [2.05, 4.69) is 9.47 Å². The number of nitrogens with one attached hydrogen (secondary N) is 1. The highest BCUT2D eigenvalue weighted by Gasteiger charge is 2.49. The minimum atomic E-state index is -4.94. The average Bonchev–Trinajstić information content (AvgIpc) is 2.95. The molecule has 18 nitrogen and oxygen atoms in total. The van der Waals surface area contributed by atoms with E-state index in [0.29, 0.717) is 0 Å². The van der Waals surface area contributed by atoms with Gasteiger partial charge in [-0.3, -0.25) is 23.7 Å². The predicted molar refractivity (Wildman–Crippen MR) is 155 cm³/mol. The van der Waals surface area contributed by atoms with Gasteiger partial charge in [0.2, 0.25) is 13.6 Å². The number of ether oxygens (including phenoxy) is 6. The van der Waals surface area contributed by atoms with E-state index in [-0.39, 0.29) is 0 Å². The number of H-pyrrole nitrogens is 1. The zero-order chi connectivity index (χ0) is 35.2. The molecule has 1 aromatic rings. The fourth-order valence-electron chi connectivity index (χ4n) is 3.47. The average molecular weight is 688 g/mol. The van der Waals surface area contributed by atoms with Crippen LogP contribution in [0.2, 0.25) is 0 Å². The van der Waals surface area contributed by atoms with Crippen LogP contribution in [0.4, 0.5) is 14.0 Å². The van der Waals surface area contributed by atoms with Gasteiger partial charge in [0.15, 0.2) is 11.7 Å². The summed E-state index contributed by atoms with van der Waals surface area (Å²) in [7, 11) is -3.93. The van der Waals surface area contributed by atoms with E-state index in [1.54, 1.807) is 13.8 Å². The van der Waals surface area contributed by atoms with Crippen LogP contribution in [0.5, 0.6) is 0 Å². The van der Waals surface area contributed by atoms with E-state index >= 15 is 4.39 Å². The molecule has 264 valence electrons. The van der Waals surface area contributed by atoms with Crippen LogP contribution in [0.1, 0.15) is 54.5 Å². The lowest BCUT2D eigenvalue weighted by Gasteiger charge is -2.40. The maximum atomic E-state index is 15.0. The molecule has 0 amide bonds. The molecule has 0 aliphatic rings. The summed E-state index contributed by atoms with van der Waals surface area (Å²) in [4.78, 5) is 62.8. The highest BCUT2D eigenvalue weighted by atomic mass is 31.2. The van der Waals surface area contributed by atoms with Gasteiger partial charge in [-0.2, -0.15) is 0 Å². The highest BCUT2D eigenvalue weighted by molar-refractivity contribution is 7.48. The number of aromatic nitrogens is 2.